The molecule has 0 aliphatic carbocycles. The number of fused-ring (bicyclic) bond motifs is 2. The molecular formula is C10H20N2O. The molecule has 2 fully saturated rings. The molecule has 2 atom stereocenters. The fraction of sp³-hybridized carbons (Fsp3) is 1.00. The van der Waals surface area contributed by atoms with Crippen molar-refractivity contribution < 1.29 is 4.74 Å². The number of likely N-dealkylation sites (N-methyl/N-ethyl adjacent to an activating group) is 1. The van der Waals surface area contributed by atoms with Gasteiger partial charge in [0.15, 0.2) is 0 Å². The number of ether oxygens (including phenoxy) is 1. The van der Waals surface area contributed by atoms with Crippen LogP contribution in [0, 0.1) is 0 Å². The highest BCUT2D eigenvalue weighted by Crippen LogP contribution is 2.29. The lowest BCUT2D eigenvalue weighted by atomic mass is 9.98. The summed E-state index contributed by atoms with van der Waals surface area (Å²) in [5.41, 5.74) is 0.272. The number of likely N-dealkylation sites (tertiary alicyclic amines) is 1. The fourth-order valence-electron chi connectivity index (χ4n) is 2.70. The highest BCUT2D eigenvalue weighted by atomic mass is 16.5. The predicted octanol–water partition coefficient (Wildman–Crippen LogP) is 0.459. The van der Waals surface area contributed by atoms with Gasteiger partial charge in [-0.2, -0.15) is 0 Å². The van der Waals surface area contributed by atoms with Crippen LogP contribution in [0.3, 0.4) is 0 Å². The summed E-state index contributed by atoms with van der Waals surface area (Å²) in [6, 6.07) is 0.708. The van der Waals surface area contributed by atoms with Gasteiger partial charge in [0, 0.05) is 25.7 Å². The molecule has 2 rings (SSSR count). The molecule has 13 heavy (non-hydrogen) atoms. The van der Waals surface area contributed by atoms with Gasteiger partial charge in [-0.05, 0) is 26.8 Å². The number of nitrogens with zero attached hydrogens (tertiary/aromatic N) is 1. The number of rotatable bonds is 3. The Kier molecular flexibility index (Phi) is 2.58. The van der Waals surface area contributed by atoms with E-state index in [-0.39, 0.29) is 5.54 Å². The quantitative estimate of drug-likeness (QED) is 0.689. The lowest BCUT2D eigenvalue weighted by Crippen LogP contribution is -2.60. The summed E-state index contributed by atoms with van der Waals surface area (Å²) in [5.74, 6) is 0. The fourth-order valence-corrected chi connectivity index (χ4v) is 2.70. The highest BCUT2D eigenvalue weighted by molar-refractivity contribution is 5.04. The maximum Gasteiger partial charge on any atom is 0.0660 e. The van der Waals surface area contributed by atoms with Crippen molar-refractivity contribution in [3.63, 3.8) is 0 Å². The van der Waals surface area contributed by atoms with E-state index in [0.717, 1.165) is 19.8 Å². The van der Waals surface area contributed by atoms with Crippen molar-refractivity contribution in [2.24, 2.45) is 0 Å². The summed E-state index contributed by atoms with van der Waals surface area (Å²) >= 11 is 0. The molecule has 0 radical (unpaired) electrons. The Morgan fingerprint density at radius 3 is 3.23 bits per heavy atom. The van der Waals surface area contributed by atoms with Crippen LogP contribution in [0.1, 0.15) is 19.8 Å². The predicted molar refractivity (Wildman–Crippen MR) is 52.9 cm³/mol. The number of nitrogens with one attached hydrogen (secondary N) is 1. The Bertz CT molecular complexity index is 186. The van der Waals surface area contributed by atoms with Crippen molar-refractivity contribution in [1.29, 1.82) is 0 Å². The summed E-state index contributed by atoms with van der Waals surface area (Å²) in [6.07, 6.45) is 2.60. The molecule has 2 aliphatic heterocycles. The minimum absolute atomic E-state index is 0.272. The zero-order chi connectivity index (χ0) is 9.31. The van der Waals surface area contributed by atoms with Crippen molar-refractivity contribution in [2.45, 2.75) is 31.3 Å². The Balaban J connectivity index is 1.96. The van der Waals surface area contributed by atoms with Crippen LogP contribution in [0.5, 0.6) is 0 Å². The number of hydrogen-bond donors (Lipinski definition) is 1. The topological polar surface area (TPSA) is 24.5 Å². The average molecular weight is 184 g/mol. The lowest BCUT2D eigenvalue weighted by Gasteiger charge is -2.39. The van der Waals surface area contributed by atoms with Gasteiger partial charge in [0.1, 0.15) is 0 Å². The van der Waals surface area contributed by atoms with Crippen LogP contribution in [-0.4, -0.2) is 49.8 Å². The lowest BCUT2D eigenvalue weighted by molar-refractivity contribution is 0.0493. The van der Waals surface area contributed by atoms with E-state index >= 15 is 0 Å². The molecule has 2 bridgehead atoms. The van der Waals surface area contributed by atoms with Crippen molar-refractivity contribution in [3.8, 4) is 0 Å². The number of piperazine rings is 1. The summed E-state index contributed by atoms with van der Waals surface area (Å²) in [5, 5.41) is 3.70. The smallest absolute Gasteiger partial charge is 0.0660 e. The van der Waals surface area contributed by atoms with Crippen LogP contribution >= 0.6 is 0 Å². The van der Waals surface area contributed by atoms with Crippen LogP contribution in [0.15, 0.2) is 0 Å². The maximum atomic E-state index is 5.55. The first kappa shape index (κ1) is 9.44. The van der Waals surface area contributed by atoms with Crippen molar-refractivity contribution in [2.75, 3.05) is 33.4 Å². The molecule has 3 heteroatoms. The van der Waals surface area contributed by atoms with Crippen LogP contribution < -0.4 is 5.32 Å². The third-order valence-corrected chi connectivity index (χ3v) is 3.17. The molecule has 0 aromatic rings. The molecule has 2 heterocycles. The Hall–Kier alpha value is -0.120. The molecule has 2 aliphatic rings. The molecular weight excluding hydrogens is 164 g/mol. The van der Waals surface area contributed by atoms with E-state index in [4.69, 9.17) is 4.74 Å². The first-order chi connectivity index (χ1) is 6.24. The molecule has 2 unspecified atom stereocenters. The second kappa shape index (κ2) is 3.56. The summed E-state index contributed by atoms with van der Waals surface area (Å²) in [7, 11) is 2.21. The molecule has 0 saturated carbocycles. The van der Waals surface area contributed by atoms with Crippen LogP contribution in [-0.2, 0) is 4.74 Å². The van der Waals surface area contributed by atoms with Gasteiger partial charge in [-0.3, -0.25) is 0 Å². The largest absolute Gasteiger partial charge is 0.380 e. The highest BCUT2D eigenvalue weighted by Gasteiger charge is 2.43. The maximum absolute atomic E-state index is 5.55. The average Bonchev–Trinajstić information content (AvgIpc) is 2.40. The minimum Gasteiger partial charge on any atom is -0.380 e. The summed E-state index contributed by atoms with van der Waals surface area (Å²) < 4.78 is 5.55. The van der Waals surface area contributed by atoms with Crippen LogP contribution in [0.25, 0.3) is 0 Å². The van der Waals surface area contributed by atoms with E-state index in [1.165, 1.54) is 19.4 Å². The molecule has 0 spiro atoms. The number of hydrogen-bond acceptors (Lipinski definition) is 3. The van der Waals surface area contributed by atoms with E-state index in [9.17, 15) is 0 Å². The van der Waals surface area contributed by atoms with Gasteiger partial charge in [-0.25, -0.2) is 0 Å². The Labute approximate surface area is 80.4 Å². The van der Waals surface area contributed by atoms with Gasteiger partial charge in [0.05, 0.1) is 12.1 Å². The van der Waals surface area contributed by atoms with Gasteiger partial charge in [0.2, 0.25) is 0 Å². The Morgan fingerprint density at radius 2 is 2.46 bits per heavy atom. The van der Waals surface area contributed by atoms with E-state index in [1.54, 1.807) is 0 Å². The zero-order valence-corrected chi connectivity index (χ0v) is 8.68. The van der Waals surface area contributed by atoms with E-state index in [2.05, 4.69) is 24.2 Å². The van der Waals surface area contributed by atoms with Gasteiger partial charge in [0.25, 0.3) is 0 Å². The molecule has 76 valence electrons. The molecule has 1 N–H and O–H groups in total. The van der Waals surface area contributed by atoms with Gasteiger partial charge >= 0.3 is 0 Å². The van der Waals surface area contributed by atoms with Crippen molar-refractivity contribution in [3.05, 3.63) is 0 Å². The molecule has 0 aromatic heterocycles. The van der Waals surface area contributed by atoms with E-state index in [1.807, 2.05) is 0 Å². The monoisotopic (exact) mass is 184 g/mol. The van der Waals surface area contributed by atoms with Gasteiger partial charge in [-0.1, -0.05) is 0 Å². The first-order valence-corrected chi connectivity index (χ1v) is 5.28. The SMILES string of the molecule is CCOCC12CCC(CN(C)C1)N2. The van der Waals surface area contributed by atoms with Crippen LogP contribution in [0.2, 0.25) is 0 Å². The van der Waals surface area contributed by atoms with Crippen molar-refractivity contribution >= 4 is 0 Å². The second-order valence-corrected chi connectivity index (χ2v) is 4.49. The van der Waals surface area contributed by atoms with Crippen molar-refractivity contribution in [1.82, 2.24) is 10.2 Å². The zero-order valence-electron chi connectivity index (χ0n) is 8.68. The normalized spacial score (nSPS) is 39.7. The second-order valence-electron chi connectivity index (χ2n) is 4.49. The van der Waals surface area contributed by atoms with E-state index < -0.39 is 0 Å². The first-order valence-electron chi connectivity index (χ1n) is 5.28. The minimum atomic E-state index is 0.272. The standard InChI is InChI=1S/C10H20N2O/c1-3-13-8-10-5-4-9(11-10)6-12(2)7-10/h9,11H,3-8H2,1-2H3. The molecule has 0 amide bonds. The third kappa shape index (κ3) is 1.87. The molecule has 3 nitrogen and oxygen atoms in total. The molecule has 2 saturated heterocycles. The Morgan fingerprint density at radius 1 is 1.62 bits per heavy atom. The summed E-state index contributed by atoms with van der Waals surface area (Å²) in [4.78, 5) is 2.42. The van der Waals surface area contributed by atoms with E-state index in [0.29, 0.717) is 6.04 Å². The molecule has 0 aromatic carbocycles. The van der Waals surface area contributed by atoms with Gasteiger partial charge < -0.3 is 15.0 Å². The van der Waals surface area contributed by atoms with Crippen LogP contribution in [0.4, 0.5) is 0 Å². The summed E-state index contributed by atoms with van der Waals surface area (Å²) in [6.45, 7) is 6.12. The third-order valence-electron chi connectivity index (χ3n) is 3.17. The van der Waals surface area contributed by atoms with Gasteiger partial charge in [-0.15, -0.1) is 0 Å².